The molecule has 2 aromatic carbocycles. The van der Waals surface area contributed by atoms with Crippen LogP contribution in [0, 0.1) is 0 Å². The van der Waals surface area contributed by atoms with Crippen molar-refractivity contribution in [1.82, 2.24) is 5.32 Å². The zero-order valence-corrected chi connectivity index (χ0v) is 15.4. The van der Waals surface area contributed by atoms with Gasteiger partial charge in [-0.25, -0.2) is 9.59 Å². The number of hydrogen-bond donors (Lipinski definition) is 1. The molecule has 1 N–H and O–H groups in total. The van der Waals surface area contributed by atoms with Crippen LogP contribution in [0.25, 0.3) is 0 Å². The molecule has 6 nitrogen and oxygen atoms in total. The predicted octanol–water partition coefficient (Wildman–Crippen LogP) is 3.29. The SMILES string of the molecule is CCCC(NC(=O)COC(=O)c1ccc(C(=O)OC)cc1)c1ccccc1. The lowest BCUT2D eigenvalue weighted by atomic mass is 10.0. The van der Waals surface area contributed by atoms with Crippen molar-refractivity contribution in [3.05, 3.63) is 71.3 Å². The molecule has 0 saturated heterocycles. The molecule has 1 atom stereocenters. The molecule has 27 heavy (non-hydrogen) atoms. The Bertz CT molecular complexity index is 771. The minimum atomic E-state index is -0.631. The summed E-state index contributed by atoms with van der Waals surface area (Å²) < 4.78 is 9.67. The van der Waals surface area contributed by atoms with E-state index in [0.717, 1.165) is 18.4 Å². The van der Waals surface area contributed by atoms with E-state index in [2.05, 4.69) is 10.1 Å². The zero-order chi connectivity index (χ0) is 19.6. The molecule has 142 valence electrons. The van der Waals surface area contributed by atoms with Gasteiger partial charge in [-0.3, -0.25) is 4.79 Å². The van der Waals surface area contributed by atoms with Crippen molar-refractivity contribution in [2.45, 2.75) is 25.8 Å². The van der Waals surface area contributed by atoms with Gasteiger partial charge >= 0.3 is 11.9 Å². The molecule has 0 radical (unpaired) electrons. The maximum atomic E-state index is 12.2. The average molecular weight is 369 g/mol. The minimum Gasteiger partial charge on any atom is -0.465 e. The summed E-state index contributed by atoms with van der Waals surface area (Å²) >= 11 is 0. The van der Waals surface area contributed by atoms with Gasteiger partial charge in [0, 0.05) is 0 Å². The van der Waals surface area contributed by atoms with E-state index in [4.69, 9.17) is 4.74 Å². The molecule has 2 aromatic rings. The van der Waals surface area contributed by atoms with Crippen LogP contribution in [-0.4, -0.2) is 31.6 Å². The van der Waals surface area contributed by atoms with Gasteiger partial charge in [-0.2, -0.15) is 0 Å². The van der Waals surface area contributed by atoms with Gasteiger partial charge in [0.15, 0.2) is 6.61 Å². The fourth-order valence-corrected chi connectivity index (χ4v) is 2.61. The first kappa shape index (κ1) is 20.2. The van der Waals surface area contributed by atoms with Crippen molar-refractivity contribution in [2.75, 3.05) is 13.7 Å². The van der Waals surface area contributed by atoms with Gasteiger partial charge in [-0.1, -0.05) is 43.7 Å². The van der Waals surface area contributed by atoms with E-state index in [1.54, 1.807) is 0 Å². The lowest BCUT2D eigenvalue weighted by molar-refractivity contribution is -0.125. The molecule has 0 heterocycles. The number of amides is 1. The Morgan fingerprint density at radius 2 is 1.52 bits per heavy atom. The van der Waals surface area contributed by atoms with Crippen molar-refractivity contribution in [1.29, 1.82) is 0 Å². The number of carbonyl (C=O) groups excluding carboxylic acids is 3. The molecule has 1 unspecified atom stereocenters. The number of methoxy groups -OCH3 is 1. The number of nitrogens with one attached hydrogen (secondary N) is 1. The number of carbonyl (C=O) groups is 3. The second kappa shape index (κ2) is 10.1. The van der Waals surface area contributed by atoms with Crippen molar-refractivity contribution >= 4 is 17.8 Å². The second-order valence-electron chi connectivity index (χ2n) is 5.96. The van der Waals surface area contributed by atoms with Gasteiger partial charge in [-0.15, -0.1) is 0 Å². The molecule has 0 aliphatic heterocycles. The first-order valence-electron chi connectivity index (χ1n) is 8.75. The van der Waals surface area contributed by atoms with Crippen molar-refractivity contribution in [2.24, 2.45) is 0 Å². The highest BCUT2D eigenvalue weighted by atomic mass is 16.5. The van der Waals surface area contributed by atoms with Gasteiger partial charge < -0.3 is 14.8 Å². The van der Waals surface area contributed by atoms with Gasteiger partial charge in [0.05, 0.1) is 24.3 Å². The lowest BCUT2D eigenvalue weighted by Gasteiger charge is -2.18. The molecule has 0 bridgehead atoms. The molecular formula is C21H23NO5. The monoisotopic (exact) mass is 369 g/mol. The third-order valence-corrected chi connectivity index (χ3v) is 3.99. The Labute approximate surface area is 158 Å². The highest BCUT2D eigenvalue weighted by molar-refractivity contribution is 5.94. The zero-order valence-electron chi connectivity index (χ0n) is 15.4. The number of ether oxygens (including phenoxy) is 2. The van der Waals surface area contributed by atoms with Gasteiger partial charge in [0.2, 0.25) is 0 Å². The second-order valence-corrected chi connectivity index (χ2v) is 5.96. The molecule has 2 rings (SSSR count). The Kier molecular flexibility index (Phi) is 7.55. The van der Waals surface area contributed by atoms with Crippen molar-refractivity contribution < 1.29 is 23.9 Å². The molecule has 6 heteroatoms. The van der Waals surface area contributed by atoms with E-state index in [1.807, 2.05) is 37.3 Å². The molecule has 0 aliphatic carbocycles. The van der Waals surface area contributed by atoms with Crippen molar-refractivity contribution in [3.8, 4) is 0 Å². The molecule has 0 saturated carbocycles. The summed E-state index contributed by atoms with van der Waals surface area (Å²) in [5, 5.41) is 2.90. The fourth-order valence-electron chi connectivity index (χ4n) is 2.61. The third kappa shape index (κ3) is 5.95. The fraction of sp³-hybridized carbons (Fsp3) is 0.286. The van der Waals surface area contributed by atoms with E-state index >= 15 is 0 Å². The van der Waals surface area contributed by atoms with E-state index in [-0.39, 0.29) is 24.1 Å². The number of rotatable bonds is 8. The Balaban J connectivity index is 1.90. The lowest BCUT2D eigenvalue weighted by Crippen LogP contribution is -2.32. The molecule has 0 aromatic heterocycles. The average Bonchev–Trinajstić information content (AvgIpc) is 2.72. The highest BCUT2D eigenvalue weighted by Crippen LogP contribution is 2.18. The summed E-state index contributed by atoms with van der Waals surface area (Å²) in [5.41, 5.74) is 1.60. The van der Waals surface area contributed by atoms with Crippen LogP contribution in [0.5, 0.6) is 0 Å². The highest BCUT2D eigenvalue weighted by Gasteiger charge is 2.16. The summed E-state index contributed by atoms with van der Waals surface area (Å²) in [4.78, 5) is 35.6. The molecular weight excluding hydrogens is 346 g/mol. The smallest absolute Gasteiger partial charge is 0.338 e. The predicted molar refractivity (Wildman–Crippen MR) is 100 cm³/mol. The first-order valence-corrected chi connectivity index (χ1v) is 8.75. The maximum absolute atomic E-state index is 12.2. The minimum absolute atomic E-state index is 0.123. The first-order chi connectivity index (χ1) is 13.0. The van der Waals surface area contributed by atoms with E-state index in [0.29, 0.717) is 5.56 Å². The molecule has 0 fully saturated rings. The number of benzene rings is 2. The molecule has 0 aliphatic rings. The number of esters is 2. The van der Waals surface area contributed by atoms with Crippen LogP contribution in [0.4, 0.5) is 0 Å². The largest absolute Gasteiger partial charge is 0.465 e. The number of hydrogen-bond acceptors (Lipinski definition) is 5. The van der Waals surface area contributed by atoms with Crippen LogP contribution in [0.3, 0.4) is 0 Å². The van der Waals surface area contributed by atoms with Crippen LogP contribution in [0.1, 0.15) is 52.1 Å². The van der Waals surface area contributed by atoms with Crippen LogP contribution < -0.4 is 5.32 Å². The summed E-state index contributed by atoms with van der Waals surface area (Å²) in [5.74, 6) is -1.48. The van der Waals surface area contributed by atoms with Crippen LogP contribution >= 0.6 is 0 Å². The Morgan fingerprint density at radius 3 is 2.07 bits per heavy atom. The Morgan fingerprint density at radius 1 is 0.926 bits per heavy atom. The van der Waals surface area contributed by atoms with Crippen LogP contribution in [0.2, 0.25) is 0 Å². The summed E-state index contributed by atoms with van der Waals surface area (Å²) in [7, 11) is 1.28. The van der Waals surface area contributed by atoms with E-state index < -0.39 is 11.9 Å². The van der Waals surface area contributed by atoms with E-state index in [1.165, 1.54) is 31.4 Å². The summed E-state index contributed by atoms with van der Waals surface area (Å²) in [6.45, 7) is 1.67. The normalized spacial score (nSPS) is 11.3. The Hall–Kier alpha value is -3.15. The van der Waals surface area contributed by atoms with Crippen molar-refractivity contribution in [3.63, 3.8) is 0 Å². The summed E-state index contributed by atoms with van der Waals surface area (Å²) in [6.07, 6.45) is 1.70. The van der Waals surface area contributed by atoms with Gasteiger partial charge in [0.1, 0.15) is 0 Å². The topological polar surface area (TPSA) is 81.7 Å². The molecule has 1 amide bonds. The van der Waals surface area contributed by atoms with Gasteiger partial charge in [-0.05, 0) is 36.2 Å². The van der Waals surface area contributed by atoms with Gasteiger partial charge in [0.25, 0.3) is 5.91 Å². The van der Waals surface area contributed by atoms with Crippen LogP contribution in [0.15, 0.2) is 54.6 Å². The summed E-state index contributed by atoms with van der Waals surface area (Å²) in [6, 6.07) is 15.4. The van der Waals surface area contributed by atoms with Crippen LogP contribution in [-0.2, 0) is 14.3 Å². The quantitative estimate of drug-likeness (QED) is 0.722. The third-order valence-electron chi connectivity index (χ3n) is 3.99. The molecule has 0 spiro atoms. The maximum Gasteiger partial charge on any atom is 0.338 e. The standard InChI is InChI=1S/C21H23NO5/c1-3-7-18(15-8-5-4-6-9-15)22-19(23)14-27-21(25)17-12-10-16(11-13-17)20(24)26-2/h4-6,8-13,18H,3,7,14H2,1-2H3,(H,22,23). The van der Waals surface area contributed by atoms with E-state index in [9.17, 15) is 14.4 Å².